The standard InChI is InChI=1S/C16H18FN3O2/c17-14-9-18-5-3-15(14)20-6-1-2-12(10-20)8-19-16(21)13-4-7-22-11-13/h3-5,7,9,11-12H,1-2,6,8,10H2,(H,19,21). The molecule has 6 heteroatoms. The summed E-state index contributed by atoms with van der Waals surface area (Å²) in [6, 6.07) is 3.33. The Hall–Kier alpha value is -2.37. The third-order valence-electron chi connectivity index (χ3n) is 3.95. The van der Waals surface area contributed by atoms with Crippen molar-refractivity contribution in [2.45, 2.75) is 12.8 Å². The van der Waals surface area contributed by atoms with Crippen LogP contribution in [0.15, 0.2) is 41.5 Å². The largest absolute Gasteiger partial charge is 0.472 e. The minimum Gasteiger partial charge on any atom is -0.472 e. The number of hydrogen-bond acceptors (Lipinski definition) is 4. The normalized spacial score (nSPS) is 18.2. The minimum atomic E-state index is -0.300. The van der Waals surface area contributed by atoms with Gasteiger partial charge in [-0.3, -0.25) is 9.78 Å². The molecule has 1 atom stereocenters. The Morgan fingerprint density at radius 2 is 2.41 bits per heavy atom. The minimum absolute atomic E-state index is 0.138. The SMILES string of the molecule is O=C(NCC1CCCN(c2ccncc2F)C1)c1ccoc1. The molecule has 0 aliphatic carbocycles. The van der Waals surface area contributed by atoms with E-state index in [0.717, 1.165) is 25.9 Å². The molecule has 3 heterocycles. The number of furan rings is 1. The highest BCUT2D eigenvalue weighted by Crippen LogP contribution is 2.24. The summed E-state index contributed by atoms with van der Waals surface area (Å²) in [6.07, 6.45) is 7.74. The molecule has 1 unspecified atom stereocenters. The number of hydrogen-bond donors (Lipinski definition) is 1. The lowest BCUT2D eigenvalue weighted by Crippen LogP contribution is -2.41. The molecule has 2 aromatic heterocycles. The van der Waals surface area contributed by atoms with Crippen LogP contribution in [0.4, 0.5) is 10.1 Å². The fourth-order valence-electron chi connectivity index (χ4n) is 2.81. The first-order chi connectivity index (χ1) is 10.7. The van der Waals surface area contributed by atoms with Gasteiger partial charge in [-0.25, -0.2) is 4.39 Å². The van der Waals surface area contributed by atoms with E-state index in [1.807, 2.05) is 4.90 Å². The number of nitrogens with zero attached hydrogens (tertiary/aromatic N) is 2. The van der Waals surface area contributed by atoms with Crippen LogP contribution in [0.1, 0.15) is 23.2 Å². The van der Waals surface area contributed by atoms with Gasteiger partial charge in [0.15, 0.2) is 5.82 Å². The molecule has 0 spiro atoms. The van der Waals surface area contributed by atoms with E-state index in [1.165, 1.54) is 18.7 Å². The first kappa shape index (κ1) is 14.6. The molecule has 22 heavy (non-hydrogen) atoms. The highest BCUT2D eigenvalue weighted by molar-refractivity contribution is 5.93. The molecule has 0 radical (unpaired) electrons. The molecule has 0 aromatic carbocycles. The van der Waals surface area contributed by atoms with Crippen molar-refractivity contribution in [3.8, 4) is 0 Å². The Bertz CT molecular complexity index is 630. The highest BCUT2D eigenvalue weighted by atomic mass is 19.1. The lowest BCUT2D eigenvalue weighted by Gasteiger charge is -2.34. The number of aromatic nitrogens is 1. The average Bonchev–Trinajstić information content (AvgIpc) is 3.08. The van der Waals surface area contributed by atoms with Crippen LogP contribution >= 0.6 is 0 Å². The van der Waals surface area contributed by atoms with E-state index in [1.54, 1.807) is 18.3 Å². The van der Waals surface area contributed by atoms with Gasteiger partial charge >= 0.3 is 0 Å². The van der Waals surface area contributed by atoms with Crippen molar-refractivity contribution >= 4 is 11.6 Å². The second-order valence-corrected chi connectivity index (χ2v) is 5.50. The van der Waals surface area contributed by atoms with Crippen molar-refractivity contribution in [1.82, 2.24) is 10.3 Å². The number of halogens is 1. The maximum atomic E-state index is 13.8. The zero-order valence-electron chi connectivity index (χ0n) is 12.2. The Morgan fingerprint density at radius 3 is 3.18 bits per heavy atom. The Balaban J connectivity index is 1.57. The first-order valence-electron chi connectivity index (χ1n) is 7.39. The van der Waals surface area contributed by atoms with Crippen LogP contribution in [0.2, 0.25) is 0 Å². The molecule has 0 saturated carbocycles. The monoisotopic (exact) mass is 303 g/mol. The number of amides is 1. The average molecular weight is 303 g/mol. The Morgan fingerprint density at radius 1 is 1.50 bits per heavy atom. The van der Waals surface area contributed by atoms with Crippen molar-refractivity contribution in [1.29, 1.82) is 0 Å². The smallest absolute Gasteiger partial charge is 0.254 e. The summed E-state index contributed by atoms with van der Waals surface area (Å²) >= 11 is 0. The number of anilines is 1. The van der Waals surface area contributed by atoms with Crippen LogP contribution in [0.5, 0.6) is 0 Å². The van der Waals surface area contributed by atoms with Gasteiger partial charge in [0.05, 0.1) is 23.7 Å². The number of carbonyl (C=O) groups excluding carboxylic acids is 1. The van der Waals surface area contributed by atoms with Crippen LogP contribution in [-0.4, -0.2) is 30.5 Å². The molecule has 116 valence electrons. The highest BCUT2D eigenvalue weighted by Gasteiger charge is 2.22. The number of nitrogens with one attached hydrogen (secondary N) is 1. The molecule has 1 aliphatic rings. The van der Waals surface area contributed by atoms with E-state index in [9.17, 15) is 9.18 Å². The summed E-state index contributed by atoms with van der Waals surface area (Å²) in [4.78, 5) is 17.7. The third-order valence-corrected chi connectivity index (χ3v) is 3.95. The van der Waals surface area contributed by atoms with Crippen molar-refractivity contribution in [2.24, 2.45) is 5.92 Å². The predicted octanol–water partition coefficient (Wildman–Crippen LogP) is 2.46. The molecule has 0 bridgehead atoms. The van der Waals surface area contributed by atoms with Gasteiger partial charge in [-0.15, -0.1) is 0 Å². The zero-order chi connectivity index (χ0) is 15.4. The molecule has 3 rings (SSSR count). The first-order valence-corrected chi connectivity index (χ1v) is 7.39. The van der Waals surface area contributed by atoms with Gasteiger partial charge in [-0.2, -0.15) is 0 Å². The van der Waals surface area contributed by atoms with E-state index < -0.39 is 0 Å². The summed E-state index contributed by atoms with van der Waals surface area (Å²) in [5.41, 5.74) is 1.11. The third kappa shape index (κ3) is 3.27. The Labute approximate surface area is 128 Å². The predicted molar refractivity (Wildman–Crippen MR) is 80.2 cm³/mol. The van der Waals surface area contributed by atoms with Crippen molar-refractivity contribution in [3.63, 3.8) is 0 Å². The van der Waals surface area contributed by atoms with Crippen LogP contribution in [0, 0.1) is 11.7 Å². The van der Waals surface area contributed by atoms with E-state index in [4.69, 9.17) is 4.42 Å². The topological polar surface area (TPSA) is 58.4 Å². The van der Waals surface area contributed by atoms with Crippen molar-refractivity contribution < 1.29 is 13.6 Å². The molecule has 1 amide bonds. The van der Waals surface area contributed by atoms with Crippen LogP contribution < -0.4 is 10.2 Å². The molecular weight excluding hydrogens is 285 g/mol. The number of piperidine rings is 1. The molecular formula is C16H18FN3O2. The molecule has 5 nitrogen and oxygen atoms in total. The van der Waals surface area contributed by atoms with Crippen molar-refractivity contribution in [3.05, 3.63) is 48.4 Å². The van der Waals surface area contributed by atoms with Crippen molar-refractivity contribution in [2.75, 3.05) is 24.5 Å². The number of rotatable bonds is 4. The van der Waals surface area contributed by atoms with E-state index in [0.29, 0.717) is 23.7 Å². The molecule has 1 N–H and O–H groups in total. The lowest BCUT2D eigenvalue weighted by atomic mass is 9.97. The van der Waals surface area contributed by atoms with E-state index in [2.05, 4.69) is 10.3 Å². The van der Waals surface area contributed by atoms with Gasteiger partial charge in [0.25, 0.3) is 5.91 Å². The zero-order valence-corrected chi connectivity index (χ0v) is 12.2. The van der Waals surface area contributed by atoms with Crippen LogP contribution in [0.3, 0.4) is 0 Å². The maximum absolute atomic E-state index is 13.8. The lowest BCUT2D eigenvalue weighted by molar-refractivity contribution is 0.0945. The van der Waals surface area contributed by atoms with Gasteiger partial charge in [0.1, 0.15) is 6.26 Å². The number of carbonyl (C=O) groups is 1. The van der Waals surface area contributed by atoms with E-state index >= 15 is 0 Å². The van der Waals surface area contributed by atoms with Crippen LogP contribution in [0.25, 0.3) is 0 Å². The maximum Gasteiger partial charge on any atom is 0.254 e. The van der Waals surface area contributed by atoms with Gasteiger partial charge in [0, 0.05) is 25.8 Å². The Kier molecular flexibility index (Phi) is 4.37. The summed E-state index contributed by atoms with van der Waals surface area (Å²) < 4.78 is 18.7. The molecule has 1 fully saturated rings. The van der Waals surface area contributed by atoms with Gasteiger partial charge in [0.2, 0.25) is 0 Å². The summed E-state index contributed by atoms with van der Waals surface area (Å²) in [7, 11) is 0. The summed E-state index contributed by atoms with van der Waals surface area (Å²) in [6.45, 7) is 2.13. The molecule has 2 aromatic rings. The molecule has 1 saturated heterocycles. The fourth-order valence-corrected chi connectivity index (χ4v) is 2.81. The summed E-state index contributed by atoms with van der Waals surface area (Å²) in [5, 5.41) is 2.91. The quantitative estimate of drug-likeness (QED) is 0.942. The van der Waals surface area contributed by atoms with Gasteiger partial charge in [-0.1, -0.05) is 0 Å². The van der Waals surface area contributed by atoms with Crippen LogP contribution in [-0.2, 0) is 0 Å². The van der Waals surface area contributed by atoms with E-state index in [-0.39, 0.29) is 11.7 Å². The molecule has 1 aliphatic heterocycles. The summed E-state index contributed by atoms with van der Waals surface area (Å²) in [5.74, 6) is -0.135. The van der Waals surface area contributed by atoms with Gasteiger partial charge < -0.3 is 14.6 Å². The second-order valence-electron chi connectivity index (χ2n) is 5.50. The second kappa shape index (κ2) is 6.60. The van der Waals surface area contributed by atoms with Gasteiger partial charge in [-0.05, 0) is 30.9 Å². The fraction of sp³-hybridized carbons (Fsp3) is 0.375. The number of pyridine rings is 1.